The molecule has 3 nitrogen and oxygen atoms in total. The van der Waals surface area contributed by atoms with Crippen molar-refractivity contribution in [2.75, 3.05) is 18.8 Å². The molecule has 4 rings (SSSR count). The van der Waals surface area contributed by atoms with Crippen LogP contribution in [0.2, 0.25) is 0 Å². The molecule has 0 aromatic heterocycles. The molecule has 27 heavy (non-hydrogen) atoms. The van der Waals surface area contributed by atoms with Crippen LogP contribution in [0.1, 0.15) is 41.5 Å². The average Bonchev–Trinajstić information content (AvgIpc) is 3.37. The van der Waals surface area contributed by atoms with E-state index in [1.165, 1.54) is 72.3 Å². The van der Waals surface area contributed by atoms with E-state index < -0.39 is 0 Å². The minimum Gasteiger partial charge on any atom is -0.351 e. The standard InChI is InChI=1S/C23H28N2OS/c26-23(17-27-22-11-10-18-8-5-9-19(18)14-22)24-15-20-6-1-2-7-21(20)16-25-12-3-4-13-25/h1-2,6-7,10-11,14H,3-5,8-9,12-13,15-17H2,(H,24,26). The number of amides is 1. The monoisotopic (exact) mass is 380 g/mol. The van der Waals surface area contributed by atoms with Crippen LogP contribution in [0, 0.1) is 0 Å². The van der Waals surface area contributed by atoms with Crippen LogP contribution in [0.25, 0.3) is 0 Å². The van der Waals surface area contributed by atoms with Crippen LogP contribution in [0.3, 0.4) is 0 Å². The summed E-state index contributed by atoms with van der Waals surface area (Å²) in [4.78, 5) is 16.0. The summed E-state index contributed by atoms with van der Waals surface area (Å²) in [5, 5.41) is 3.11. The van der Waals surface area contributed by atoms with Crippen molar-refractivity contribution in [2.24, 2.45) is 0 Å². The van der Waals surface area contributed by atoms with Gasteiger partial charge in [0.05, 0.1) is 5.75 Å². The first-order valence-electron chi connectivity index (χ1n) is 10.1. The Bertz CT molecular complexity index is 799. The fourth-order valence-corrected chi connectivity index (χ4v) is 4.89. The number of benzene rings is 2. The van der Waals surface area contributed by atoms with Crippen molar-refractivity contribution in [1.82, 2.24) is 10.2 Å². The van der Waals surface area contributed by atoms with Crippen molar-refractivity contribution in [3.05, 3.63) is 64.7 Å². The van der Waals surface area contributed by atoms with Gasteiger partial charge < -0.3 is 5.32 Å². The lowest BCUT2D eigenvalue weighted by Gasteiger charge is -2.17. The van der Waals surface area contributed by atoms with E-state index in [1.54, 1.807) is 11.8 Å². The molecule has 2 aromatic carbocycles. The molecule has 1 N–H and O–H groups in total. The number of carbonyl (C=O) groups is 1. The fourth-order valence-electron chi connectivity index (χ4n) is 4.10. The maximum Gasteiger partial charge on any atom is 0.230 e. The highest BCUT2D eigenvalue weighted by molar-refractivity contribution is 8.00. The van der Waals surface area contributed by atoms with Gasteiger partial charge in [0.1, 0.15) is 0 Å². The average molecular weight is 381 g/mol. The molecule has 1 aliphatic carbocycles. The number of rotatable bonds is 7. The van der Waals surface area contributed by atoms with Gasteiger partial charge in [-0.3, -0.25) is 9.69 Å². The van der Waals surface area contributed by atoms with E-state index in [9.17, 15) is 4.79 Å². The topological polar surface area (TPSA) is 32.3 Å². The van der Waals surface area contributed by atoms with E-state index in [0.717, 1.165) is 6.54 Å². The second kappa shape index (κ2) is 8.94. The summed E-state index contributed by atoms with van der Waals surface area (Å²) in [6, 6.07) is 15.2. The summed E-state index contributed by atoms with van der Waals surface area (Å²) in [5.41, 5.74) is 5.53. The Morgan fingerprint density at radius 1 is 0.963 bits per heavy atom. The number of hydrogen-bond donors (Lipinski definition) is 1. The van der Waals surface area contributed by atoms with Gasteiger partial charge in [0, 0.05) is 18.0 Å². The highest BCUT2D eigenvalue weighted by Crippen LogP contribution is 2.27. The van der Waals surface area contributed by atoms with E-state index in [1.807, 2.05) is 0 Å². The summed E-state index contributed by atoms with van der Waals surface area (Å²) >= 11 is 1.64. The number of hydrogen-bond acceptors (Lipinski definition) is 3. The fraction of sp³-hybridized carbons (Fsp3) is 0.435. The zero-order valence-corrected chi connectivity index (χ0v) is 16.7. The molecule has 1 fully saturated rings. The van der Waals surface area contributed by atoms with E-state index >= 15 is 0 Å². The zero-order chi connectivity index (χ0) is 18.5. The van der Waals surface area contributed by atoms with E-state index in [2.05, 4.69) is 52.7 Å². The molecule has 142 valence electrons. The molecule has 0 spiro atoms. The molecule has 1 saturated heterocycles. The molecule has 0 bridgehead atoms. The van der Waals surface area contributed by atoms with Gasteiger partial charge in [-0.2, -0.15) is 0 Å². The summed E-state index contributed by atoms with van der Waals surface area (Å²) in [5.74, 6) is 0.587. The molecule has 1 aliphatic heterocycles. The summed E-state index contributed by atoms with van der Waals surface area (Å²) in [6.45, 7) is 4.00. The van der Waals surface area contributed by atoms with Crippen molar-refractivity contribution >= 4 is 17.7 Å². The van der Waals surface area contributed by atoms with Crippen LogP contribution in [0.5, 0.6) is 0 Å². The first kappa shape index (κ1) is 18.6. The molecule has 1 heterocycles. The number of aryl methyl sites for hydroxylation is 2. The lowest BCUT2D eigenvalue weighted by Crippen LogP contribution is -2.26. The van der Waals surface area contributed by atoms with E-state index in [4.69, 9.17) is 0 Å². The Labute approximate surface area is 166 Å². The Hall–Kier alpha value is -1.78. The number of likely N-dealkylation sites (tertiary alicyclic amines) is 1. The second-order valence-electron chi connectivity index (χ2n) is 7.60. The molecule has 1 amide bonds. The van der Waals surface area contributed by atoms with Crippen LogP contribution in [-0.2, 0) is 30.7 Å². The molecule has 4 heteroatoms. The van der Waals surface area contributed by atoms with Gasteiger partial charge in [-0.1, -0.05) is 30.3 Å². The van der Waals surface area contributed by atoms with Crippen molar-refractivity contribution in [1.29, 1.82) is 0 Å². The second-order valence-corrected chi connectivity index (χ2v) is 8.65. The van der Waals surface area contributed by atoms with Crippen molar-refractivity contribution < 1.29 is 4.79 Å². The lowest BCUT2D eigenvalue weighted by atomic mass is 10.1. The third-order valence-corrected chi connectivity index (χ3v) is 6.62. The Kier molecular flexibility index (Phi) is 6.15. The molecular formula is C23H28N2OS. The molecule has 2 aliphatic rings. The molecule has 0 radical (unpaired) electrons. The van der Waals surface area contributed by atoms with Gasteiger partial charge in [-0.15, -0.1) is 11.8 Å². The minimum atomic E-state index is 0.108. The maximum absolute atomic E-state index is 12.3. The van der Waals surface area contributed by atoms with Crippen molar-refractivity contribution in [2.45, 2.75) is 50.1 Å². The Morgan fingerprint density at radius 3 is 2.59 bits per heavy atom. The third-order valence-electron chi connectivity index (χ3n) is 5.63. The number of nitrogens with zero attached hydrogens (tertiary/aromatic N) is 1. The first-order valence-corrected chi connectivity index (χ1v) is 11.1. The SMILES string of the molecule is O=C(CSc1ccc2c(c1)CCC2)NCc1ccccc1CN1CCCC1. The van der Waals surface area contributed by atoms with Crippen LogP contribution in [-0.4, -0.2) is 29.6 Å². The summed E-state index contributed by atoms with van der Waals surface area (Å²) < 4.78 is 0. The quantitative estimate of drug-likeness (QED) is 0.732. The van der Waals surface area contributed by atoms with Gasteiger partial charge in [0.15, 0.2) is 0 Å². The van der Waals surface area contributed by atoms with Crippen LogP contribution in [0.15, 0.2) is 47.4 Å². The predicted octanol–water partition coefficient (Wildman–Crippen LogP) is 4.18. The molecule has 0 unspecified atom stereocenters. The number of carbonyl (C=O) groups excluding carboxylic acids is 1. The number of fused-ring (bicyclic) bond motifs is 1. The van der Waals surface area contributed by atoms with Gasteiger partial charge in [0.25, 0.3) is 0 Å². The van der Waals surface area contributed by atoms with Crippen LogP contribution < -0.4 is 5.32 Å². The van der Waals surface area contributed by atoms with E-state index in [0.29, 0.717) is 12.3 Å². The molecular weight excluding hydrogens is 352 g/mol. The third kappa shape index (κ3) is 4.94. The van der Waals surface area contributed by atoms with Gasteiger partial charge >= 0.3 is 0 Å². The first-order chi connectivity index (χ1) is 13.3. The lowest BCUT2D eigenvalue weighted by molar-refractivity contribution is -0.118. The predicted molar refractivity (Wildman–Crippen MR) is 112 cm³/mol. The Balaban J connectivity index is 1.28. The maximum atomic E-state index is 12.3. The van der Waals surface area contributed by atoms with Crippen LogP contribution in [0.4, 0.5) is 0 Å². The molecule has 0 saturated carbocycles. The zero-order valence-electron chi connectivity index (χ0n) is 15.9. The highest BCUT2D eigenvalue weighted by Gasteiger charge is 2.14. The summed E-state index contributed by atoms with van der Waals surface area (Å²) in [6.07, 6.45) is 6.26. The molecule has 0 atom stereocenters. The molecule has 2 aromatic rings. The number of nitrogens with one attached hydrogen (secondary N) is 1. The van der Waals surface area contributed by atoms with Gasteiger partial charge in [-0.05, 0) is 79.6 Å². The van der Waals surface area contributed by atoms with E-state index in [-0.39, 0.29) is 5.91 Å². The van der Waals surface area contributed by atoms with Crippen molar-refractivity contribution in [3.63, 3.8) is 0 Å². The highest BCUT2D eigenvalue weighted by atomic mass is 32.2. The largest absolute Gasteiger partial charge is 0.351 e. The Morgan fingerprint density at radius 2 is 1.74 bits per heavy atom. The summed E-state index contributed by atoms with van der Waals surface area (Å²) in [7, 11) is 0. The van der Waals surface area contributed by atoms with Crippen LogP contribution >= 0.6 is 11.8 Å². The van der Waals surface area contributed by atoms with Gasteiger partial charge in [-0.25, -0.2) is 0 Å². The number of thioether (sulfide) groups is 1. The van der Waals surface area contributed by atoms with Crippen molar-refractivity contribution in [3.8, 4) is 0 Å². The van der Waals surface area contributed by atoms with Gasteiger partial charge in [0.2, 0.25) is 5.91 Å². The smallest absolute Gasteiger partial charge is 0.230 e. The normalized spacial score (nSPS) is 16.4. The minimum absolute atomic E-state index is 0.108.